The molecule has 1 heterocycles. The van der Waals surface area contributed by atoms with Crippen molar-refractivity contribution >= 4 is 17.3 Å². The van der Waals surface area contributed by atoms with Crippen molar-refractivity contribution in [3.05, 3.63) is 28.8 Å². The Morgan fingerprint density at radius 3 is 3.00 bits per heavy atom. The number of morpholine rings is 1. The van der Waals surface area contributed by atoms with E-state index in [1.54, 1.807) is 13.0 Å². The van der Waals surface area contributed by atoms with Crippen molar-refractivity contribution in [2.45, 2.75) is 19.1 Å². The molecule has 5 heteroatoms. The van der Waals surface area contributed by atoms with Crippen molar-refractivity contribution < 1.29 is 9.84 Å². The smallest absolute Gasteiger partial charge is 0.161 e. The van der Waals surface area contributed by atoms with Gasteiger partial charge in [-0.25, -0.2) is 0 Å². The Balaban J connectivity index is 2.21. The highest BCUT2D eigenvalue weighted by Crippen LogP contribution is 2.30. The van der Waals surface area contributed by atoms with Gasteiger partial charge in [0.1, 0.15) is 0 Å². The van der Waals surface area contributed by atoms with E-state index in [9.17, 15) is 5.11 Å². The van der Waals surface area contributed by atoms with Gasteiger partial charge < -0.3 is 14.7 Å². The van der Waals surface area contributed by atoms with Crippen LogP contribution in [0.15, 0.2) is 18.2 Å². The number of anilines is 1. The first-order chi connectivity index (χ1) is 8.61. The average molecular weight is 267 g/mol. The summed E-state index contributed by atoms with van der Waals surface area (Å²) >= 11 is 6.22. The van der Waals surface area contributed by atoms with Crippen LogP contribution in [0.2, 0.25) is 5.02 Å². The van der Waals surface area contributed by atoms with Crippen molar-refractivity contribution in [1.29, 1.82) is 5.26 Å². The lowest BCUT2D eigenvalue weighted by Crippen LogP contribution is -2.42. The minimum atomic E-state index is -0.534. The maximum atomic E-state index is 9.49. The summed E-state index contributed by atoms with van der Waals surface area (Å²) in [7, 11) is 0. The highest BCUT2D eigenvalue weighted by atomic mass is 35.5. The number of hydrogen-bond acceptors (Lipinski definition) is 4. The summed E-state index contributed by atoms with van der Waals surface area (Å²) < 4.78 is 5.29. The van der Waals surface area contributed by atoms with Gasteiger partial charge in [-0.2, -0.15) is 5.26 Å². The molecule has 1 saturated heterocycles. The van der Waals surface area contributed by atoms with Crippen LogP contribution in [0.4, 0.5) is 5.69 Å². The van der Waals surface area contributed by atoms with Crippen molar-refractivity contribution in [2.75, 3.05) is 24.6 Å². The molecule has 18 heavy (non-hydrogen) atoms. The first-order valence-corrected chi connectivity index (χ1v) is 6.23. The zero-order valence-corrected chi connectivity index (χ0v) is 10.9. The molecule has 1 aliphatic rings. The summed E-state index contributed by atoms with van der Waals surface area (Å²) in [6, 6.07) is 7.60. The second-order valence-electron chi connectivity index (χ2n) is 4.32. The number of nitrogens with zero attached hydrogens (tertiary/aromatic N) is 2. The van der Waals surface area contributed by atoms with E-state index in [4.69, 9.17) is 21.6 Å². The molecule has 1 aliphatic heterocycles. The molecular weight excluding hydrogens is 252 g/mol. The Bertz CT molecular complexity index is 471. The molecule has 2 atom stereocenters. The summed E-state index contributed by atoms with van der Waals surface area (Å²) in [6.45, 7) is 3.45. The summed E-state index contributed by atoms with van der Waals surface area (Å²) in [6.07, 6.45) is -0.945. The molecule has 1 aromatic rings. The fraction of sp³-hybridized carbons (Fsp3) is 0.462. The van der Waals surface area contributed by atoms with Crippen LogP contribution in [0.3, 0.4) is 0 Å². The number of aliphatic hydroxyl groups excluding tert-OH is 1. The lowest BCUT2D eigenvalue weighted by molar-refractivity contribution is 0.0764. The molecule has 0 amide bonds. The van der Waals surface area contributed by atoms with E-state index in [1.807, 2.05) is 17.0 Å². The molecule has 2 unspecified atom stereocenters. The van der Waals surface area contributed by atoms with E-state index in [-0.39, 0.29) is 0 Å². The standard InChI is InChI=1S/C13H15ClN2O2/c1-9(17)10-2-3-13(12(14)6-10)16-4-5-18-11(7-15)8-16/h2-3,6,9,11,17H,4-5,8H2,1H3. The molecule has 2 rings (SSSR count). The van der Waals surface area contributed by atoms with Crippen LogP contribution in [-0.4, -0.2) is 30.9 Å². The quantitative estimate of drug-likeness (QED) is 0.891. The van der Waals surface area contributed by atoms with E-state index in [0.29, 0.717) is 24.7 Å². The van der Waals surface area contributed by atoms with Crippen LogP contribution in [-0.2, 0) is 4.74 Å². The van der Waals surface area contributed by atoms with Crippen molar-refractivity contribution in [1.82, 2.24) is 0 Å². The Morgan fingerprint density at radius 2 is 2.39 bits per heavy atom. The molecule has 0 radical (unpaired) electrons. The molecule has 96 valence electrons. The highest BCUT2D eigenvalue weighted by molar-refractivity contribution is 6.33. The SMILES string of the molecule is CC(O)c1ccc(N2CCOC(C#N)C2)c(Cl)c1. The second kappa shape index (κ2) is 5.57. The summed E-state index contributed by atoms with van der Waals surface area (Å²) in [5, 5.41) is 19.0. The van der Waals surface area contributed by atoms with Gasteiger partial charge in [0.25, 0.3) is 0 Å². The lowest BCUT2D eigenvalue weighted by atomic mass is 10.1. The Morgan fingerprint density at radius 1 is 1.61 bits per heavy atom. The van der Waals surface area contributed by atoms with Gasteiger partial charge >= 0.3 is 0 Å². The molecule has 0 aliphatic carbocycles. The first-order valence-electron chi connectivity index (χ1n) is 5.85. The van der Waals surface area contributed by atoms with Crippen LogP contribution in [0, 0.1) is 11.3 Å². The van der Waals surface area contributed by atoms with E-state index in [0.717, 1.165) is 11.3 Å². The third-order valence-corrected chi connectivity index (χ3v) is 3.31. The van der Waals surface area contributed by atoms with Crippen LogP contribution in [0.25, 0.3) is 0 Å². The monoisotopic (exact) mass is 266 g/mol. The summed E-state index contributed by atoms with van der Waals surface area (Å²) in [4.78, 5) is 2.03. The van der Waals surface area contributed by atoms with Gasteiger partial charge in [-0.15, -0.1) is 0 Å². The molecule has 1 aromatic carbocycles. The maximum Gasteiger partial charge on any atom is 0.161 e. The highest BCUT2D eigenvalue weighted by Gasteiger charge is 2.21. The van der Waals surface area contributed by atoms with Gasteiger partial charge in [0, 0.05) is 6.54 Å². The first kappa shape index (κ1) is 13.2. The predicted molar refractivity (Wildman–Crippen MR) is 69.7 cm³/mol. The van der Waals surface area contributed by atoms with Gasteiger partial charge in [-0.05, 0) is 24.6 Å². The molecule has 1 N–H and O–H groups in total. The summed E-state index contributed by atoms with van der Waals surface area (Å²) in [5.41, 5.74) is 1.67. The number of aliphatic hydroxyl groups is 1. The van der Waals surface area contributed by atoms with Crippen molar-refractivity contribution in [3.8, 4) is 6.07 Å². The molecule has 0 bridgehead atoms. The Kier molecular flexibility index (Phi) is 4.07. The lowest BCUT2D eigenvalue weighted by Gasteiger charge is -2.32. The largest absolute Gasteiger partial charge is 0.389 e. The number of ether oxygens (including phenoxy) is 1. The van der Waals surface area contributed by atoms with Gasteiger partial charge in [-0.1, -0.05) is 17.7 Å². The Labute approximate surface area is 111 Å². The number of nitriles is 1. The fourth-order valence-electron chi connectivity index (χ4n) is 1.99. The van der Waals surface area contributed by atoms with Gasteiger partial charge in [0.2, 0.25) is 0 Å². The number of rotatable bonds is 2. The summed E-state index contributed by atoms with van der Waals surface area (Å²) in [5.74, 6) is 0. The van der Waals surface area contributed by atoms with Gasteiger partial charge in [0.05, 0.1) is 36.0 Å². The van der Waals surface area contributed by atoms with Crippen molar-refractivity contribution in [2.24, 2.45) is 0 Å². The average Bonchev–Trinajstić information content (AvgIpc) is 2.38. The van der Waals surface area contributed by atoms with Crippen LogP contribution in [0.1, 0.15) is 18.6 Å². The number of benzene rings is 1. The molecule has 4 nitrogen and oxygen atoms in total. The van der Waals surface area contributed by atoms with Gasteiger partial charge in [-0.3, -0.25) is 0 Å². The zero-order chi connectivity index (χ0) is 13.1. The fourth-order valence-corrected chi connectivity index (χ4v) is 2.29. The molecule has 0 saturated carbocycles. The topological polar surface area (TPSA) is 56.5 Å². The minimum absolute atomic E-state index is 0.411. The van der Waals surface area contributed by atoms with Crippen molar-refractivity contribution in [3.63, 3.8) is 0 Å². The third kappa shape index (κ3) is 2.75. The van der Waals surface area contributed by atoms with Crippen LogP contribution >= 0.6 is 11.6 Å². The van der Waals surface area contributed by atoms with E-state index in [2.05, 4.69) is 6.07 Å². The van der Waals surface area contributed by atoms with Crippen LogP contribution < -0.4 is 4.90 Å². The second-order valence-corrected chi connectivity index (χ2v) is 4.73. The number of halogens is 1. The third-order valence-electron chi connectivity index (χ3n) is 3.01. The zero-order valence-electron chi connectivity index (χ0n) is 10.1. The number of hydrogen-bond donors (Lipinski definition) is 1. The molecule has 1 fully saturated rings. The van der Waals surface area contributed by atoms with E-state index >= 15 is 0 Å². The molecule has 0 aromatic heterocycles. The van der Waals surface area contributed by atoms with E-state index in [1.165, 1.54) is 0 Å². The predicted octanol–water partition coefficient (Wildman–Crippen LogP) is 2.12. The molecule has 0 spiro atoms. The Hall–Kier alpha value is -1.28. The molecular formula is C13H15ClN2O2. The minimum Gasteiger partial charge on any atom is -0.389 e. The van der Waals surface area contributed by atoms with Crippen LogP contribution in [0.5, 0.6) is 0 Å². The van der Waals surface area contributed by atoms with Gasteiger partial charge in [0.15, 0.2) is 6.10 Å². The van der Waals surface area contributed by atoms with E-state index < -0.39 is 12.2 Å². The maximum absolute atomic E-state index is 9.49. The normalized spacial score (nSPS) is 21.4.